The van der Waals surface area contributed by atoms with Gasteiger partial charge in [-0.15, -0.1) is 18.2 Å². The Morgan fingerprint density at radius 1 is 1.47 bits per heavy atom. The second-order valence-electron chi connectivity index (χ2n) is 3.31. The number of thioether (sulfide) groups is 1. The van der Waals surface area contributed by atoms with Crippen molar-refractivity contribution in [1.29, 1.82) is 0 Å². The average molecular weight is 248 g/mol. The van der Waals surface area contributed by atoms with E-state index < -0.39 is 0 Å². The molecule has 0 aliphatic heterocycles. The number of nitrogens with one attached hydrogen (secondary N) is 2. The molecule has 1 rings (SSSR count). The summed E-state index contributed by atoms with van der Waals surface area (Å²) in [6, 6.07) is 7.42. The molecule has 1 amide bonds. The molecular formula is C13H16N2OS. The number of hydrogen-bond donors (Lipinski definition) is 2. The van der Waals surface area contributed by atoms with Crippen LogP contribution in [-0.2, 0) is 0 Å². The molecule has 0 saturated heterocycles. The van der Waals surface area contributed by atoms with Crippen LogP contribution in [0, 0.1) is 12.3 Å². The zero-order valence-corrected chi connectivity index (χ0v) is 10.6. The van der Waals surface area contributed by atoms with Gasteiger partial charge in [0, 0.05) is 25.0 Å². The maximum absolute atomic E-state index is 11.9. The molecule has 0 aliphatic carbocycles. The minimum Gasteiger partial charge on any atom is -0.387 e. The van der Waals surface area contributed by atoms with E-state index in [1.54, 1.807) is 24.9 Å². The lowest BCUT2D eigenvalue weighted by Gasteiger charge is -2.09. The number of carbonyl (C=O) groups is 1. The maximum Gasteiger partial charge on any atom is 0.253 e. The van der Waals surface area contributed by atoms with E-state index in [1.165, 1.54) is 0 Å². The minimum absolute atomic E-state index is 0.0590. The van der Waals surface area contributed by atoms with Crippen LogP contribution in [0.2, 0.25) is 0 Å². The lowest BCUT2D eigenvalue weighted by atomic mass is 10.1. The van der Waals surface area contributed by atoms with Gasteiger partial charge in [0.25, 0.3) is 5.91 Å². The molecule has 3 nitrogen and oxygen atoms in total. The summed E-state index contributed by atoms with van der Waals surface area (Å²) >= 11 is 1.63. The predicted molar refractivity (Wildman–Crippen MR) is 74.5 cm³/mol. The molecule has 0 heterocycles. The van der Waals surface area contributed by atoms with E-state index in [2.05, 4.69) is 16.6 Å². The fraction of sp³-hybridized carbons (Fsp3) is 0.308. The van der Waals surface area contributed by atoms with Gasteiger partial charge < -0.3 is 10.6 Å². The van der Waals surface area contributed by atoms with Crippen molar-refractivity contribution in [1.82, 2.24) is 5.32 Å². The van der Waals surface area contributed by atoms with E-state index in [0.717, 1.165) is 11.4 Å². The fourth-order valence-electron chi connectivity index (χ4n) is 1.36. The van der Waals surface area contributed by atoms with Gasteiger partial charge in [-0.25, -0.2) is 0 Å². The first-order chi connectivity index (χ1) is 8.29. The van der Waals surface area contributed by atoms with Gasteiger partial charge in [0.15, 0.2) is 0 Å². The van der Waals surface area contributed by atoms with Crippen LogP contribution in [0.15, 0.2) is 24.3 Å². The highest BCUT2D eigenvalue weighted by Gasteiger charge is 2.08. The molecule has 0 atom stereocenters. The van der Waals surface area contributed by atoms with E-state index in [1.807, 2.05) is 18.2 Å². The molecule has 0 bridgehead atoms. The molecule has 0 aliphatic rings. The van der Waals surface area contributed by atoms with Gasteiger partial charge in [-0.05, 0) is 12.1 Å². The number of anilines is 1. The van der Waals surface area contributed by atoms with Gasteiger partial charge in [-0.2, -0.15) is 0 Å². The van der Waals surface area contributed by atoms with Crippen molar-refractivity contribution in [2.24, 2.45) is 0 Å². The zero-order chi connectivity index (χ0) is 12.5. The van der Waals surface area contributed by atoms with Gasteiger partial charge in [-0.3, -0.25) is 4.79 Å². The van der Waals surface area contributed by atoms with Gasteiger partial charge in [0.05, 0.1) is 11.3 Å². The van der Waals surface area contributed by atoms with E-state index in [-0.39, 0.29) is 5.91 Å². The summed E-state index contributed by atoms with van der Waals surface area (Å²) in [7, 11) is 1.80. The highest BCUT2D eigenvalue weighted by molar-refractivity contribution is 7.99. The Bertz CT molecular complexity index is 412. The molecule has 0 aromatic heterocycles. The highest BCUT2D eigenvalue weighted by atomic mass is 32.2. The van der Waals surface area contributed by atoms with Crippen molar-refractivity contribution < 1.29 is 4.79 Å². The van der Waals surface area contributed by atoms with Crippen LogP contribution in [0.5, 0.6) is 0 Å². The number of terminal acetylenes is 1. The summed E-state index contributed by atoms with van der Waals surface area (Å²) in [6.07, 6.45) is 5.13. The van der Waals surface area contributed by atoms with E-state index in [9.17, 15) is 4.79 Å². The number of para-hydroxylation sites is 1. The Hall–Kier alpha value is -1.60. The standard InChI is InChI=1S/C13H16N2OS/c1-3-9-17-10-8-15-13(16)11-6-4-5-7-12(11)14-2/h1,4-7,14H,8-10H2,2H3,(H,15,16). The summed E-state index contributed by atoms with van der Waals surface area (Å²) in [5.41, 5.74) is 1.50. The van der Waals surface area contributed by atoms with Crippen molar-refractivity contribution in [3.05, 3.63) is 29.8 Å². The molecule has 4 heteroatoms. The number of rotatable bonds is 6. The monoisotopic (exact) mass is 248 g/mol. The summed E-state index contributed by atoms with van der Waals surface area (Å²) in [4.78, 5) is 11.9. The maximum atomic E-state index is 11.9. The van der Waals surface area contributed by atoms with Crippen LogP contribution in [0.25, 0.3) is 0 Å². The molecule has 17 heavy (non-hydrogen) atoms. The first-order valence-electron chi connectivity index (χ1n) is 5.35. The third-order valence-electron chi connectivity index (χ3n) is 2.16. The summed E-state index contributed by atoms with van der Waals surface area (Å²) in [5, 5.41) is 5.86. The van der Waals surface area contributed by atoms with Crippen molar-refractivity contribution in [2.45, 2.75) is 0 Å². The van der Waals surface area contributed by atoms with Crippen molar-refractivity contribution in [3.63, 3.8) is 0 Å². The molecule has 0 saturated carbocycles. The van der Waals surface area contributed by atoms with Gasteiger partial charge >= 0.3 is 0 Å². The Labute approximate surface area is 106 Å². The second-order valence-corrected chi connectivity index (χ2v) is 4.41. The smallest absolute Gasteiger partial charge is 0.253 e. The molecule has 90 valence electrons. The van der Waals surface area contributed by atoms with Gasteiger partial charge in [0.2, 0.25) is 0 Å². The first kappa shape index (κ1) is 13.5. The molecule has 0 radical (unpaired) electrons. The van der Waals surface area contributed by atoms with Gasteiger partial charge in [0.1, 0.15) is 0 Å². The van der Waals surface area contributed by atoms with Crippen LogP contribution in [0.4, 0.5) is 5.69 Å². The number of amides is 1. The molecular weight excluding hydrogens is 232 g/mol. The van der Waals surface area contributed by atoms with Crippen molar-refractivity contribution >= 4 is 23.4 Å². The molecule has 2 N–H and O–H groups in total. The van der Waals surface area contributed by atoms with E-state index in [4.69, 9.17) is 6.42 Å². The predicted octanol–water partition coefficient (Wildman–Crippen LogP) is 1.82. The Kier molecular flexibility index (Phi) is 6.05. The number of hydrogen-bond acceptors (Lipinski definition) is 3. The van der Waals surface area contributed by atoms with Crippen LogP contribution in [0.3, 0.4) is 0 Å². The van der Waals surface area contributed by atoms with Crippen LogP contribution in [0.1, 0.15) is 10.4 Å². The zero-order valence-electron chi connectivity index (χ0n) is 9.82. The molecule has 1 aromatic rings. The van der Waals surface area contributed by atoms with E-state index in [0.29, 0.717) is 17.9 Å². The average Bonchev–Trinajstić information content (AvgIpc) is 2.38. The summed E-state index contributed by atoms with van der Waals surface area (Å²) < 4.78 is 0. The summed E-state index contributed by atoms with van der Waals surface area (Å²) in [6.45, 7) is 0.628. The van der Waals surface area contributed by atoms with E-state index >= 15 is 0 Å². The van der Waals surface area contributed by atoms with Crippen molar-refractivity contribution in [3.8, 4) is 12.3 Å². The topological polar surface area (TPSA) is 41.1 Å². The molecule has 1 aromatic carbocycles. The number of benzene rings is 1. The van der Waals surface area contributed by atoms with Crippen molar-refractivity contribution in [2.75, 3.05) is 30.4 Å². The normalized spacial score (nSPS) is 9.41. The second kappa shape index (κ2) is 7.64. The third kappa shape index (κ3) is 4.41. The first-order valence-corrected chi connectivity index (χ1v) is 6.51. The SMILES string of the molecule is C#CCSCCNC(=O)c1ccccc1NC. The number of carbonyl (C=O) groups excluding carboxylic acids is 1. The molecule has 0 spiro atoms. The largest absolute Gasteiger partial charge is 0.387 e. The van der Waals surface area contributed by atoms with Crippen LogP contribution < -0.4 is 10.6 Å². The highest BCUT2D eigenvalue weighted by Crippen LogP contribution is 2.13. The Morgan fingerprint density at radius 2 is 2.24 bits per heavy atom. The summed E-state index contributed by atoms with van der Waals surface area (Å²) in [5.74, 6) is 4.00. The van der Waals surface area contributed by atoms with Crippen LogP contribution >= 0.6 is 11.8 Å². The Balaban J connectivity index is 2.44. The lowest BCUT2D eigenvalue weighted by Crippen LogP contribution is -2.26. The fourth-order valence-corrected chi connectivity index (χ4v) is 1.87. The third-order valence-corrected chi connectivity index (χ3v) is 3.02. The van der Waals surface area contributed by atoms with Gasteiger partial charge in [-0.1, -0.05) is 18.1 Å². The molecule has 0 fully saturated rings. The Morgan fingerprint density at radius 3 is 2.94 bits per heavy atom. The minimum atomic E-state index is -0.0590. The lowest BCUT2D eigenvalue weighted by molar-refractivity contribution is 0.0957. The van der Waals surface area contributed by atoms with Crippen LogP contribution in [-0.4, -0.2) is 31.0 Å². The quantitative estimate of drug-likeness (QED) is 0.596. The molecule has 0 unspecified atom stereocenters.